The Labute approximate surface area is 116 Å². The Morgan fingerprint density at radius 3 is 2.47 bits per heavy atom. The first kappa shape index (κ1) is 13.3. The second-order valence-electron chi connectivity index (χ2n) is 7.08. The molecule has 0 spiro atoms. The van der Waals surface area contributed by atoms with E-state index in [0.717, 1.165) is 30.6 Å². The smallest absolute Gasteiger partial charge is 0.315 e. The van der Waals surface area contributed by atoms with Crippen molar-refractivity contribution in [2.75, 3.05) is 0 Å². The number of carbonyl (C=O) groups excluding carboxylic acids is 1. The molecule has 3 saturated carbocycles. The van der Waals surface area contributed by atoms with Crippen LogP contribution >= 0.6 is 0 Å². The zero-order chi connectivity index (χ0) is 13.2. The van der Waals surface area contributed by atoms with Gasteiger partial charge in [0.15, 0.2) is 0 Å². The average molecular weight is 264 g/mol. The minimum absolute atomic E-state index is 0.0715. The summed E-state index contributed by atoms with van der Waals surface area (Å²) in [7, 11) is 0. The third-order valence-corrected chi connectivity index (χ3v) is 5.73. The van der Waals surface area contributed by atoms with Gasteiger partial charge in [-0.1, -0.05) is 25.7 Å². The zero-order valence-corrected chi connectivity index (χ0v) is 12.2. The Kier molecular flexibility index (Phi) is 3.99. The molecule has 4 atom stereocenters. The van der Waals surface area contributed by atoms with Gasteiger partial charge in [-0.15, -0.1) is 0 Å². The molecule has 0 radical (unpaired) electrons. The maximum Gasteiger partial charge on any atom is 0.315 e. The SMILES string of the molecule is C[C@H](NC(=O)NC1CCCCC1)[C@H]1C[C@@H]2CC[C@H]1C2. The van der Waals surface area contributed by atoms with E-state index >= 15 is 0 Å². The fourth-order valence-corrected chi connectivity index (χ4v) is 4.69. The van der Waals surface area contributed by atoms with Gasteiger partial charge in [0.2, 0.25) is 0 Å². The van der Waals surface area contributed by atoms with Gasteiger partial charge in [0.05, 0.1) is 0 Å². The lowest BCUT2D eigenvalue weighted by Crippen LogP contribution is -2.48. The van der Waals surface area contributed by atoms with Gasteiger partial charge < -0.3 is 10.6 Å². The monoisotopic (exact) mass is 264 g/mol. The molecule has 0 aromatic heterocycles. The van der Waals surface area contributed by atoms with Crippen LogP contribution in [0.4, 0.5) is 4.79 Å². The quantitative estimate of drug-likeness (QED) is 0.805. The standard InChI is InChI=1S/C16H28N2O/c1-11(15-10-12-7-8-13(15)9-12)17-16(19)18-14-5-3-2-4-6-14/h11-15H,2-10H2,1H3,(H2,17,18,19)/t11-,12+,13-,15+/m0/s1. The van der Waals surface area contributed by atoms with Crippen molar-refractivity contribution in [1.29, 1.82) is 0 Å². The van der Waals surface area contributed by atoms with Crippen LogP contribution in [0.1, 0.15) is 64.7 Å². The number of carbonyl (C=O) groups is 1. The van der Waals surface area contributed by atoms with Crippen molar-refractivity contribution in [3.63, 3.8) is 0 Å². The molecule has 2 bridgehead atoms. The minimum Gasteiger partial charge on any atom is -0.335 e. The van der Waals surface area contributed by atoms with Crippen molar-refractivity contribution in [3.05, 3.63) is 0 Å². The van der Waals surface area contributed by atoms with E-state index in [1.54, 1.807) is 0 Å². The molecule has 19 heavy (non-hydrogen) atoms. The maximum atomic E-state index is 12.1. The van der Waals surface area contributed by atoms with Gasteiger partial charge in [0.1, 0.15) is 0 Å². The molecule has 108 valence electrons. The van der Waals surface area contributed by atoms with Gasteiger partial charge in [0, 0.05) is 12.1 Å². The molecule has 3 aliphatic carbocycles. The highest BCUT2D eigenvalue weighted by Crippen LogP contribution is 2.49. The van der Waals surface area contributed by atoms with Crippen molar-refractivity contribution in [2.45, 2.75) is 76.8 Å². The Hall–Kier alpha value is -0.730. The van der Waals surface area contributed by atoms with Crippen LogP contribution in [0.5, 0.6) is 0 Å². The van der Waals surface area contributed by atoms with Crippen LogP contribution in [0.3, 0.4) is 0 Å². The van der Waals surface area contributed by atoms with E-state index in [1.165, 1.54) is 44.9 Å². The average Bonchev–Trinajstić information content (AvgIpc) is 3.02. The van der Waals surface area contributed by atoms with E-state index in [2.05, 4.69) is 17.6 Å². The number of fused-ring (bicyclic) bond motifs is 2. The maximum absolute atomic E-state index is 12.1. The molecule has 3 rings (SSSR count). The highest BCUT2D eigenvalue weighted by Gasteiger charge is 2.42. The third kappa shape index (κ3) is 3.06. The van der Waals surface area contributed by atoms with Crippen LogP contribution in [0.15, 0.2) is 0 Å². The van der Waals surface area contributed by atoms with E-state index in [1.807, 2.05) is 0 Å². The summed E-state index contributed by atoms with van der Waals surface area (Å²) in [5, 5.41) is 6.37. The van der Waals surface area contributed by atoms with Crippen molar-refractivity contribution >= 4 is 6.03 Å². The van der Waals surface area contributed by atoms with E-state index in [9.17, 15) is 4.79 Å². The van der Waals surface area contributed by atoms with Gasteiger partial charge in [0.25, 0.3) is 0 Å². The van der Waals surface area contributed by atoms with Crippen molar-refractivity contribution in [1.82, 2.24) is 10.6 Å². The lowest BCUT2D eigenvalue weighted by Gasteiger charge is -2.30. The van der Waals surface area contributed by atoms with Crippen LogP contribution < -0.4 is 10.6 Å². The Morgan fingerprint density at radius 2 is 1.84 bits per heavy atom. The predicted octanol–water partition coefficient (Wildman–Crippen LogP) is 3.44. The normalized spacial score (nSPS) is 36.2. The van der Waals surface area contributed by atoms with Crippen LogP contribution in [-0.2, 0) is 0 Å². The van der Waals surface area contributed by atoms with Gasteiger partial charge in [-0.05, 0) is 56.8 Å². The second kappa shape index (κ2) is 5.72. The first-order valence-corrected chi connectivity index (χ1v) is 8.29. The van der Waals surface area contributed by atoms with E-state index in [4.69, 9.17) is 0 Å². The molecule has 0 heterocycles. The summed E-state index contributed by atoms with van der Waals surface area (Å²) < 4.78 is 0. The van der Waals surface area contributed by atoms with Gasteiger partial charge in [-0.2, -0.15) is 0 Å². The highest BCUT2D eigenvalue weighted by molar-refractivity contribution is 5.74. The van der Waals surface area contributed by atoms with Crippen molar-refractivity contribution in [3.8, 4) is 0 Å². The first-order valence-electron chi connectivity index (χ1n) is 8.29. The molecule has 0 aromatic carbocycles. The fourth-order valence-electron chi connectivity index (χ4n) is 4.69. The Morgan fingerprint density at radius 1 is 1.05 bits per heavy atom. The molecule has 0 aromatic rings. The number of hydrogen-bond acceptors (Lipinski definition) is 1. The lowest BCUT2D eigenvalue weighted by molar-refractivity contribution is 0.213. The van der Waals surface area contributed by atoms with E-state index < -0.39 is 0 Å². The highest BCUT2D eigenvalue weighted by atomic mass is 16.2. The van der Waals surface area contributed by atoms with Crippen LogP contribution in [-0.4, -0.2) is 18.1 Å². The largest absolute Gasteiger partial charge is 0.335 e. The third-order valence-electron chi connectivity index (χ3n) is 5.73. The number of urea groups is 1. The van der Waals surface area contributed by atoms with E-state index in [0.29, 0.717) is 12.1 Å². The van der Waals surface area contributed by atoms with Gasteiger partial charge in [-0.3, -0.25) is 0 Å². The van der Waals surface area contributed by atoms with Crippen LogP contribution in [0.2, 0.25) is 0 Å². The first-order chi connectivity index (χ1) is 9.22. The second-order valence-corrected chi connectivity index (χ2v) is 7.08. The molecule has 2 N–H and O–H groups in total. The molecule has 3 fully saturated rings. The Bertz CT molecular complexity index is 325. The fraction of sp³-hybridized carbons (Fsp3) is 0.938. The molecule has 3 heteroatoms. The summed E-state index contributed by atoms with van der Waals surface area (Å²) in [6.45, 7) is 2.20. The van der Waals surface area contributed by atoms with E-state index in [-0.39, 0.29) is 6.03 Å². The molecule has 0 unspecified atom stereocenters. The van der Waals surface area contributed by atoms with Gasteiger partial charge in [-0.25, -0.2) is 4.79 Å². The molecule has 0 aliphatic heterocycles. The number of nitrogens with one attached hydrogen (secondary N) is 2. The summed E-state index contributed by atoms with van der Waals surface area (Å²) >= 11 is 0. The lowest BCUT2D eigenvalue weighted by atomic mass is 9.84. The number of amides is 2. The molecule has 0 saturated heterocycles. The predicted molar refractivity (Wildman–Crippen MR) is 76.9 cm³/mol. The topological polar surface area (TPSA) is 41.1 Å². The van der Waals surface area contributed by atoms with Crippen molar-refractivity contribution < 1.29 is 4.79 Å². The van der Waals surface area contributed by atoms with Crippen LogP contribution in [0, 0.1) is 17.8 Å². The zero-order valence-electron chi connectivity index (χ0n) is 12.2. The van der Waals surface area contributed by atoms with Crippen LogP contribution in [0.25, 0.3) is 0 Å². The van der Waals surface area contributed by atoms with Gasteiger partial charge >= 0.3 is 6.03 Å². The summed E-state index contributed by atoms with van der Waals surface area (Å²) in [5.74, 6) is 2.58. The number of rotatable bonds is 3. The number of hydrogen-bond donors (Lipinski definition) is 2. The summed E-state index contributed by atoms with van der Waals surface area (Å²) in [6, 6.07) is 0.835. The Balaban J connectivity index is 1.43. The molecular formula is C16H28N2O. The summed E-state index contributed by atoms with van der Waals surface area (Å²) in [6.07, 6.45) is 11.8. The molecular weight excluding hydrogens is 236 g/mol. The molecule has 3 nitrogen and oxygen atoms in total. The molecule has 3 aliphatic rings. The van der Waals surface area contributed by atoms with Crippen molar-refractivity contribution in [2.24, 2.45) is 17.8 Å². The summed E-state index contributed by atoms with van der Waals surface area (Å²) in [5.41, 5.74) is 0. The minimum atomic E-state index is 0.0715. The summed E-state index contributed by atoms with van der Waals surface area (Å²) in [4.78, 5) is 12.1. The molecule has 2 amide bonds.